The molecular weight excluding hydrogens is 276 g/mol. The molecule has 1 rings (SSSR count). The number of carbonyl (C=O) groups is 2. The summed E-state index contributed by atoms with van der Waals surface area (Å²) in [6, 6.07) is 0. The normalized spacial score (nSPS) is 10.8. The van der Waals surface area contributed by atoms with Crippen molar-refractivity contribution in [3.63, 3.8) is 0 Å². The fourth-order valence-electron chi connectivity index (χ4n) is 2.30. The van der Waals surface area contributed by atoms with Crippen LogP contribution < -0.4 is 4.90 Å². The van der Waals surface area contributed by atoms with Gasteiger partial charge in [-0.25, -0.2) is 4.79 Å². The second-order valence-corrected chi connectivity index (χ2v) is 5.68. The van der Waals surface area contributed by atoms with Gasteiger partial charge < -0.3 is 10.0 Å². The zero-order valence-electron chi connectivity index (χ0n) is 12.5. The van der Waals surface area contributed by atoms with Crippen LogP contribution >= 0.6 is 11.5 Å². The highest BCUT2D eigenvalue weighted by Crippen LogP contribution is 2.30. The van der Waals surface area contributed by atoms with Gasteiger partial charge in [-0.15, -0.1) is 0 Å². The SMILES string of the molecule is CCCC(CCC)C(=O)N(C)c1snc(C)c1C(=O)O. The Morgan fingerprint density at radius 1 is 1.30 bits per heavy atom. The molecule has 0 saturated heterocycles. The van der Waals surface area contributed by atoms with Gasteiger partial charge in [0.25, 0.3) is 0 Å². The number of aromatic nitrogens is 1. The maximum Gasteiger partial charge on any atom is 0.340 e. The van der Waals surface area contributed by atoms with Crippen LogP contribution in [-0.4, -0.2) is 28.4 Å². The zero-order chi connectivity index (χ0) is 15.3. The maximum absolute atomic E-state index is 12.5. The predicted octanol–water partition coefficient (Wildman–Crippen LogP) is 3.33. The van der Waals surface area contributed by atoms with E-state index in [0.717, 1.165) is 37.2 Å². The molecule has 112 valence electrons. The van der Waals surface area contributed by atoms with E-state index < -0.39 is 5.97 Å². The largest absolute Gasteiger partial charge is 0.478 e. The predicted molar refractivity (Wildman–Crippen MR) is 80.5 cm³/mol. The van der Waals surface area contributed by atoms with Crippen molar-refractivity contribution in [3.05, 3.63) is 11.3 Å². The first-order chi connectivity index (χ1) is 9.43. The van der Waals surface area contributed by atoms with E-state index in [4.69, 9.17) is 0 Å². The number of aryl methyl sites for hydroxylation is 1. The lowest BCUT2D eigenvalue weighted by molar-refractivity contribution is -0.122. The Balaban J connectivity index is 3.01. The van der Waals surface area contributed by atoms with E-state index in [-0.39, 0.29) is 17.4 Å². The molecule has 0 saturated carbocycles. The van der Waals surface area contributed by atoms with Crippen molar-refractivity contribution in [1.82, 2.24) is 4.37 Å². The Kier molecular flexibility index (Phi) is 6.13. The second-order valence-electron chi connectivity index (χ2n) is 4.92. The number of nitrogens with zero attached hydrogens (tertiary/aromatic N) is 2. The van der Waals surface area contributed by atoms with E-state index in [0.29, 0.717) is 10.7 Å². The first-order valence-corrected chi connectivity index (χ1v) is 7.68. The molecule has 0 aromatic carbocycles. The lowest BCUT2D eigenvalue weighted by Crippen LogP contribution is -2.33. The van der Waals surface area contributed by atoms with Crippen LogP contribution in [-0.2, 0) is 4.79 Å². The number of hydrogen-bond donors (Lipinski definition) is 1. The first-order valence-electron chi connectivity index (χ1n) is 6.91. The van der Waals surface area contributed by atoms with E-state index in [9.17, 15) is 14.7 Å². The van der Waals surface area contributed by atoms with E-state index in [1.54, 1.807) is 14.0 Å². The summed E-state index contributed by atoms with van der Waals surface area (Å²) >= 11 is 1.07. The van der Waals surface area contributed by atoms with Crippen molar-refractivity contribution in [2.24, 2.45) is 5.92 Å². The summed E-state index contributed by atoms with van der Waals surface area (Å²) in [5, 5.41) is 9.67. The first kappa shape index (κ1) is 16.6. The molecule has 0 aliphatic heterocycles. The lowest BCUT2D eigenvalue weighted by atomic mass is 9.97. The summed E-state index contributed by atoms with van der Waals surface area (Å²) in [4.78, 5) is 25.3. The number of amides is 1. The Bertz CT molecular complexity index is 479. The summed E-state index contributed by atoms with van der Waals surface area (Å²) in [5.41, 5.74) is 0.595. The standard InChI is InChI=1S/C14H22N2O3S/c1-5-7-10(8-6-2)12(17)16(4)13-11(14(18)19)9(3)15-20-13/h10H,5-8H2,1-4H3,(H,18,19). The summed E-state index contributed by atoms with van der Waals surface area (Å²) in [7, 11) is 1.64. The summed E-state index contributed by atoms with van der Waals surface area (Å²) in [5.74, 6) is -1.09. The molecular formula is C14H22N2O3S. The minimum atomic E-state index is -1.03. The Labute approximate surface area is 123 Å². The maximum atomic E-state index is 12.5. The number of carboxylic acids is 1. The molecule has 1 aromatic heterocycles. The van der Waals surface area contributed by atoms with Gasteiger partial charge in [-0.05, 0) is 31.3 Å². The van der Waals surface area contributed by atoms with Gasteiger partial charge >= 0.3 is 5.97 Å². The van der Waals surface area contributed by atoms with Crippen LogP contribution in [0.4, 0.5) is 5.00 Å². The molecule has 0 aliphatic carbocycles. The molecule has 1 N–H and O–H groups in total. The molecule has 0 bridgehead atoms. The zero-order valence-corrected chi connectivity index (χ0v) is 13.3. The smallest absolute Gasteiger partial charge is 0.340 e. The van der Waals surface area contributed by atoms with Crippen LogP contribution in [0.25, 0.3) is 0 Å². The van der Waals surface area contributed by atoms with Crippen molar-refractivity contribution in [1.29, 1.82) is 0 Å². The number of hydrogen-bond acceptors (Lipinski definition) is 4. The van der Waals surface area contributed by atoms with Gasteiger partial charge in [0.05, 0.1) is 5.69 Å². The third-order valence-electron chi connectivity index (χ3n) is 3.32. The minimum Gasteiger partial charge on any atom is -0.478 e. The molecule has 20 heavy (non-hydrogen) atoms. The molecule has 0 radical (unpaired) electrons. The van der Waals surface area contributed by atoms with Gasteiger partial charge in [-0.1, -0.05) is 26.7 Å². The highest BCUT2D eigenvalue weighted by Gasteiger charge is 2.27. The fraction of sp³-hybridized carbons (Fsp3) is 0.643. The number of rotatable bonds is 7. The number of carbonyl (C=O) groups excluding carboxylic acids is 1. The molecule has 0 unspecified atom stereocenters. The number of anilines is 1. The molecule has 0 atom stereocenters. The molecule has 1 heterocycles. The molecule has 0 aliphatic rings. The Morgan fingerprint density at radius 2 is 1.85 bits per heavy atom. The average Bonchev–Trinajstić information content (AvgIpc) is 2.78. The molecule has 1 amide bonds. The van der Waals surface area contributed by atoms with Crippen LogP contribution in [0, 0.1) is 12.8 Å². The van der Waals surface area contributed by atoms with Crippen molar-refractivity contribution < 1.29 is 14.7 Å². The van der Waals surface area contributed by atoms with Gasteiger partial charge in [0.15, 0.2) is 0 Å². The average molecular weight is 298 g/mol. The van der Waals surface area contributed by atoms with E-state index in [1.807, 2.05) is 0 Å². The number of aromatic carboxylic acids is 1. The van der Waals surface area contributed by atoms with Crippen molar-refractivity contribution in [2.45, 2.75) is 46.5 Å². The van der Waals surface area contributed by atoms with Crippen LogP contribution in [0.5, 0.6) is 0 Å². The van der Waals surface area contributed by atoms with Crippen molar-refractivity contribution in [3.8, 4) is 0 Å². The molecule has 1 aromatic rings. The quantitative estimate of drug-likeness (QED) is 0.838. The van der Waals surface area contributed by atoms with E-state index in [1.165, 1.54) is 4.90 Å². The number of carboxylic acid groups (broad SMARTS) is 1. The van der Waals surface area contributed by atoms with Crippen LogP contribution in [0.15, 0.2) is 0 Å². The van der Waals surface area contributed by atoms with Crippen LogP contribution in [0.2, 0.25) is 0 Å². The van der Waals surface area contributed by atoms with Gasteiger partial charge in [0.2, 0.25) is 5.91 Å². The molecule has 0 fully saturated rings. The highest BCUT2D eigenvalue weighted by atomic mass is 32.1. The van der Waals surface area contributed by atoms with E-state index >= 15 is 0 Å². The molecule has 0 spiro atoms. The van der Waals surface area contributed by atoms with Gasteiger partial charge in [-0.2, -0.15) is 4.37 Å². The highest BCUT2D eigenvalue weighted by molar-refractivity contribution is 7.11. The summed E-state index contributed by atoms with van der Waals surface area (Å²) < 4.78 is 4.06. The second kappa shape index (κ2) is 7.38. The molecule has 6 heteroatoms. The Hall–Kier alpha value is -1.43. The molecule has 5 nitrogen and oxygen atoms in total. The van der Waals surface area contributed by atoms with Gasteiger partial charge in [-0.3, -0.25) is 4.79 Å². The fourth-order valence-corrected chi connectivity index (χ4v) is 3.15. The Morgan fingerprint density at radius 3 is 2.30 bits per heavy atom. The summed E-state index contributed by atoms with van der Waals surface area (Å²) in [6.07, 6.45) is 3.55. The minimum absolute atomic E-state index is 0.0140. The third-order valence-corrected chi connectivity index (χ3v) is 4.33. The van der Waals surface area contributed by atoms with Crippen molar-refractivity contribution in [2.75, 3.05) is 11.9 Å². The van der Waals surface area contributed by atoms with Crippen LogP contribution in [0.1, 0.15) is 55.6 Å². The third kappa shape index (κ3) is 3.56. The van der Waals surface area contributed by atoms with Gasteiger partial charge in [0.1, 0.15) is 10.6 Å². The van der Waals surface area contributed by atoms with Crippen molar-refractivity contribution >= 4 is 28.4 Å². The monoisotopic (exact) mass is 298 g/mol. The van der Waals surface area contributed by atoms with E-state index in [2.05, 4.69) is 18.2 Å². The summed E-state index contributed by atoms with van der Waals surface area (Å²) in [6.45, 7) is 5.75. The lowest BCUT2D eigenvalue weighted by Gasteiger charge is -2.22. The van der Waals surface area contributed by atoms with Gasteiger partial charge in [0, 0.05) is 13.0 Å². The van der Waals surface area contributed by atoms with Crippen LogP contribution in [0.3, 0.4) is 0 Å². The topological polar surface area (TPSA) is 70.5 Å².